The lowest BCUT2D eigenvalue weighted by molar-refractivity contribution is 0.782. The second-order valence-electron chi connectivity index (χ2n) is 3.98. The third kappa shape index (κ3) is 1.54. The molecule has 0 saturated heterocycles. The van der Waals surface area contributed by atoms with Gasteiger partial charge in [-0.1, -0.05) is 18.2 Å². The predicted octanol–water partition coefficient (Wildman–Crippen LogP) is 2.22. The Morgan fingerprint density at radius 3 is 2.88 bits per heavy atom. The molecular weight excluding hydrogens is 212 g/mol. The fourth-order valence-electron chi connectivity index (χ4n) is 1.96. The van der Waals surface area contributed by atoms with Crippen LogP contribution in [0.5, 0.6) is 0 Å². The maximum Gasteiger partial charge on any atom is 0.121 e. The Kier molecular flexibility index (Phi) is 2.08. The minimum Gasteiger partial charge on any atom is -0.384 e. The van der Waals surface area contributed by atoms with Gasteiger partial charge in [-0.3, -0.25) is 9.67 Å². The molecule has 0 bridgehead atoms. The van der Waals surface area contributed by atoms with Crippen molar-refractivity contribution < 1.29 is 0 Å². The summed E-state index contributed by atoms with van der Waals surface area (Å²) in [5, 5.41) is 6.65. The summed E-state index contributed by atoms with van der Waals surface area (Å²) in [6.45, 7) is 0. The summed E-state index contributed by atoms with van der Waals surface area (Å²) in [6.07, 6.45) is 3.64. The third-order valence-electron chi connectivity index (χ3n) is 2.87. The Labute approximate surface area is 98.7 Å². The van der Waals surface area contributed by atoms with Crippen molar-refractivity contribution in [1.82, 2.24) is 14.8 Å². The minimum atomic E-state index is 0.658. The van der Waals surface area contributed by atoms with Crippen LogP contribution in [0.1, 0.15) is 0 Å². The highest BCUT2D eigenvalue weighted by atomic mass is 15.3. The van der Waals surface area contributed by atoms with Crippen molar-refractivity contribution >= 4 is 16.6 Å². The number of nitrogens with two attached hydrogens (primary N) is 1. The number of hydrogen-bond acceptors (Lipinski definition) is 3. The van der Waals surface area contributed by atoms with Gasteiger partial charge in [0.05, 0.1) is 5.69 Å². The van der Waals surface area contributed by atoms with E-state index in [-0.39, 0.29) is 0 Å². The molecule has 0 radical (unpaired) electrons. The molecule has 3 aromatic rings. The van der Waals surface area contributed by atoms with Crippen LogP contribution in [0.15, 0.2) is 42.7 Å². The van der Waals surface area contributed by atoms with E-state index in [2.05, 4.69) is 10.1 Å². The second kappa shape index (κ2) is 3.59. The zero-order valence-electron chi connectivity index (χ0n) is 9.46. The van der Waals surface area contributed by atoms with Crippen molar-refractivity contribution in [3.05, 3.63) is 42.7 Å². The van der Waals surface area contributed by atoms with Crippen molar-refractivity contribution in [3.63, 3.8) is 0 Å². The van der Waals surface area contributed by atoms with Gasteiger partial charge in [0, 0.05) is 36.5 Å². The summed E-state index contributed by atoms with van der Waals surface area (Å²) < 4.78 is 1.68. The topological polar surface area (TPSA) is 56.7 Å². The van der Waals surface area contributed by atoms with Crippen molar-refractivity contribution in [2.45, 2.75) is 0 Å². The van der Waals surface area contributed by atoms with Crippen molar-refractivity contribution in [1.29, 1.82) is 0 Å². The monoisotopic (exact) mass is 224 g/mol. The quantitative estimate of drug-likeness (QED) is 0.689. The van der Waals surface area contributed by atoms with Crippen molar-refractivity contribution in [2.24, 2.45) is 7.05 Å². The lowest BCUT2D eigenvalue weighted by atomic mass is 10.0. The summed E-state index contributed by atoms with van der Waals surface area (Å²) in [5.74, 6) is 0.658. The fourth-order valence-corrected chi connectivity index (χ4v) is 1.96. The number of aryl methyl sites for hydroxylation is 1. The number of fused-ring (bicyclic) bond motifs is 1. The summed E-state index contributed by atoms with van der Waals surface area (Å²) in [5.41, 5.74) is 7.78. The molecule has 0 unspecified atom stereocenters. The molecule has 4 heteroatoms. The van der Waals surface area contributed by atoms with Gasteiger partial charge in [0.2, 0.25) is 0 Å². The van der Waals surface area contributed by atoms with E-state index in [1.54, 1.807) is 10.9 Å². The molecule has 3 rings (SSSR count). The minimum absolute atomic E-state index is 0.658. The molecule has 0 amide bonds. The molecule has 0 atom stereocenters. The molecule has 2 N–H and O–H groups in total. The highest BCUT2D eigenvalue weighted by Gasteiger charge is 2.08. The normalized spacial score (nSPS) is 10.9. The van der Waals surface area contributed by atoms with Crippen LogP contribution >= 0.6 is 0 Å². The van der Waals surface area contributed by atoms with E-state index in [0.29, 0.717) is 5.82 Å². The number of hydrogen-bond donors (Lipinski definition) is 1. The smallest absolute Gasteiger partial charge is 0.121 e. The van der Waals surface area contributed by atoms with Crippen LogP contribution in [-0.2, 0) is 7.05 Å². The first-order valence-electron chi connectivity index (χ1n) is 5.38. The van der Waals surface area contributed by atoms with E-state index in [0.717, 1.165) is 22.0 Å². The van der Waals surface area contributed by atoms with Gasteiger partial charge in [-0.2, -0.15) is 5.10 Å². The largest absolute Gasteiger partial charge is 0.384 e. The van der Waals surface area contributed by atoms with Gasteiger partial charge in [0.15, 0.2) is 0 Å². The molecule has 0 aliphatic carbocycles. The molecule has 17 heavy (non-hydrogen) atoms. The molecule has 0 fully saturated rings. The fraction of sp³-hybridized carbons (Fsp3) is 0.0769. The molecule has 2 heterocycles. The molecule has 4 nitrogen and oxygen atoms in total. The van der Waals surface area contributed by atoms with Crippen LogP contribution in [0.25, 0.3) is 22.0 Å². The van der Waals surface area contributed by atoms with Crippen LogP contribution in [0, 0.1) is 0 Å². The number of nitrogen functional groups attached to an aromatic ring is 1. The number of aromatic nitrogens is 3. The van der Waals surface area contributed by atoms with Crippen molar-refractivity contribution in [2.75, 3.05) is 5.73 Å². The number of benzene rings is 1. The van der Waals surface area contributed by atoms with Crippen molar-refractivity contribution in [3.8, 4) is 11.3 Å². The van der Waals surface area contributed by atoms with E-state index in [1.165, 1.54) is 0 Å². The standard InChI is InChI=1S/C13H12N4/c1-17-13(14)7-12(16-17)11-4-2-3-9-8-15-6-5-10(9)11/h2-8H,14H2,1H3. The van der Waals surface area contributed by atoms with Crippen LogP contribution in [0.3, 0.4) is 0 Å². The van der Waals surface area contributed by atoms with Gasteiger partial charge in [-0.05, 0) is 11.5 Å². The van der Waals surface area contributed by atoms with E-state index >= 15 is 0 Å². The van der Waals surface area contributed by atoms with Gasteiger partial charge < -0.3 is 5.73 Å². The summed E-state index contributed by atoms with van der Waals surface area (Å²) in [7, 11) is 1.84. The Bertz CT molecular complexity index is 660. The maximum atomic E-state index is 5.81. The first kappa shape index (κ1) is 9.84. The average molecular weight is 224 g/mol. The molecular formula is C13H12N4. The van der Waals surface area contributed by atoms with Crippen LogP contribution < -0.4 is 5.73 Å². The zero-order valence-corrected chi connectivity index (χ0v) is 9.46. The Hall–Kier alpha value is -2.36. The lowest BCUT2D eigenvalue weighted by Crippen LogP contribution is -1.96. The highest BCUT2D eigenvalue weighted by molar-refractivity contribution is 5.95. The van der Waals surface area contributed by atoms with Crippen LogP contribution in [0.4, 0.5) is 5.82 Å². The molecule has 0 aliphatic rings. The van der Waals surface area contributed by atoms with E-state index in [9.17, 15) is 0 Å². The van der Waals surface area contributed by atoms with Gasteiger partial charge >= 0.3 is 0 Å². The maximum absolute atomic E-state index is 5.81. The summed E-state index contributed by atoms with van der Waals surface area (Å²) in [6, 6.07) is 9.97. The molecule has 0 aliphatic heterocycles. The predicted molar refractivity (Wildman–Crippen MR) is 68.4 cm³/mol. The second-order valence-corrected chi connectivity index (χ2v) is 3.98. The highest BCUT2D eigenvalue weighted by Crippen LogP contribution is 2.27. The molecule has 2 aromatic heterocycles. The average Bonchev–Trinajstić information content (AvgIpc) is 2.69. The van der Waals surface area contributed by atoms with Crippen LogP contribution in [-0.4, -0.2) is 14.8 Å². The van der Waals surface area contributed by atoms with Gasteiger partial charge in [0.1, 0.15) is 5.82 Å². The molecule has 0 spiro atoms. The molecule has 84 valence electrons. The lowest BCUT2D eigenvalue weighted by Gasteiger charge is -2.02. The number of nitrogens with zero attached hydrogens (tertiary/aromatic N) is 3. The van der Waals surface area contributed by atoms with E-state index in [1.807, 2.05) is 43.6 Å². The Morgan fingerprint density at radius 2 is 2.12 bits per heavy atom. The molecule has 0 saturated carbocycles. The summed E-state index contributed by atoms with van der Waals surface area (Å²) in [4.78, 5) is 4.12. The first-order chi connectivity index (χ1) is 8.25. The zero-order chi connectivity index (χ0) is 11.8. The summed E-state index contributed by atoms with van der Waals surface area (Å²) >= 11 is 0. The van der Waals surface area contributed by atoms with Crippen LogP contribution in [0.2, 0.25) is 0 Å². The van der Waals surface area contributed by atoms with Gasteiger partial charge in [0.25, 0.3) is 0 Å². The third-order valence-corrected chi connectivity index (χ3v) is 2.87. The number of anilines is 1. The Morgan fingerprint density at radius 1 is 1.24 bits per heavy atom. The Balaban J connectivity index is 2.30. The van der Waals surface area contributed by atoms with Gasteiger partial charge in [-0.25, -0.2) is 0 Å². The first-order valence-corrected chi connectivity index (χ1v) is 5.38. The van der Waals surface area contributed by atoms with E-state index < -0.39 is 0 Å². The SMILES string of the molecule is Cn1nc(-c2cccc3cnccc23)cc1N. The van der Waals surface area contributed by atoms with E-state index in [4.69, 9.17) is 5.73 Å². The number of pyridine rings is 1. The number of rotatable bonds is 1. The van der Waals surface area contributed by atoms with Gasteiger partial charge in [-0.15, -0.1) is 0 Å². The molecule has 1 aromatic carbocycles.